The average Bonchev–Trinajstić information content (AvgIpc) is 3.19. The van der Waals surface area contributed by atoms with Gasteiger partial charge in [-0.15, -0.1) is 10.2 Å². The summed E-state index contributed by atoms with van der Waals surface area (Å²) in [5, 5.41) is 18.0. The summed E-state index contributed by atoms with van der Waals surface area (Å²) in [6.45, 7) is 7.80. The largest absolute Gasteiger partial charge is 0.485 e. The van der Waals surface area contributed by atoms with E-state index >= 15 is 0 Å². The Labute approximate surface area is 221 Å². The molecule has 1 N–H and O–H groups in total. The van der Waals surface area contributed by atoms with Crippen LogP contribution in [-0.2, 0) is 21.4 Å². The minimum absolute atomic E-state index is 0.123. The van der Waals surface area contributed by atoms with Gasteiger partial charge >= 0.3 is 5.97 Å². The number of ether oxygens (including phenoxy) is 1. The summed E-state index contributed by atoms with van der Waals surface area (Å²) in [4.78, 5) is 12.0. The van der Waals surface area contributed by atoms with E-state index < -0.39 is 27.5 Å². The zero-order valence-electron chi connectivity index (χ0n) is 21.7. The number of para-hydroxylation sites is 1. The molecule has 0 aliphatic carbocycles. The molecule has 198 valence electrons. The van der Waals surface area contributed by atoms with Crippen LogP contribution in [0.4, 0.5) is 0 Å². The Kier molecular flexibility index (Phi) is 6.48. The molecule has 10 heteroatoms. The number of carboxylic acid groups (broad SMARTS) is 1. The highest BCUT2D eigenvalue weighted by Crippen LogP contribution is 2.36. The van der Waals surface area contributed by atoms with Crippen LogP contribution in [-0.4, -0.2) is 50.5 Å². The van der Waals surface area contributed by atoms with Crippen LogP contribution < -0.4 is 4.74 Å². The number of nitrogens with zero attached hydrogens (tertiary/aromatic N) is 4. The van der Waals surface area contributed by atoms with Crippen molar-refractivity contribution in [3.63, 3.8) is 0 Å². The van der Waals surface area contributed by atoms with Crippen LogP contribution in [0, 0.1) is 13.8 Å². The van der Waals surface area contributed by atoms with Gasteiger partial charge in [0.1, 0.15) is 22.1 Å². The Hall–Kier alpha value is -3.76. The first kappa shape index (κ1) is 25.9. The van der Waals surface area contributed by atoms with E-state index in [1.54, 1.807) is 24.3 Å². The van der Waals surface area contributed by atoms with Crippen molar-refractivity contribution in [2.24, 2.45) is 0 Å². The quantitative estimate of drug-likeness (QED) is 0.392. The maximum absolute atomic E-state index is 13.7. The van der Waals surface area contributed by atoms with Gasteiger partial charge in [0.2, 0.25) is 10.0 Å². The fourth-order valence-electron chi connectivity index (χ4n) is 4.98. The third-order valence-corrected chi connectivity index (χ3v) is 8.75. The number of carbonyl (C=O) groups is 1. The number of rotatable bonds is 6. The van der Waals surface area contributed by atoms with Crippen molar-refractivity contribution < 1.29 is 23.1 Å². The predicted molar refractivity (Wildman–Crippen MR) is 142 cm³/mol. The summed E-state index contributed by atoms with van der Waals surface area (Å²) in [6, 6.07) is 16.2. The number of aliphatic carboxylic acids is 1. The third kappa shape index (κ3) is 4.89. The number of sulfonamides is 1. The Morgan fingerprint density at radius 2 is 1.82 bits per heavy atom. The van der Waals surface area contributed by atoms with Gasteiger partial charge in [-0.1, -0.05) is 30.3 Å². The number of fused-ring (bicyclic) bond motifs is 2. The zero-order valence-corrected chi connectivity index (χ0v) is 22.6. The molecule has 0 bridgehead atoms. The molecular formula is C28H30N4O5S. The molecule has 5 rings (SSSR count). The summed E-state index contributed by atoms with van der Waals surface area (Å²) in [5.74, 6) is -0.299. The minimum Gasteiger partial charge on any atom is -0.485 e. The summed E-state index contributed by atoms with van der Waals surface area (Å²) < 4.78 is 36.8. The summed E-state index contributed by atoms with van der Waals surface area (Å²) >= 11 is 0. The van der Waals surface area contributed by atoms with Gasteiger partial charge in [0.05, 0.1) is 13.0 Å². The first-order valence-corrected chi connectivity index (χ1v) is 13.8. The number of carboxylic acids is 1. The molecule has 0 radical (unpaired) electrons. The van der Waals surface area contributed by atoms with Crippen LogP contribution in [0.25, 0.3) is 5.65 Å². The van der Waals surface area contributed by atoms with Gasteiger partial charge in [-0.3, -0.25) is 9.20 Å². The Balaban J connectivity index is 1.55. The molecule has 0 saturated carbocycles. The highest BCUT2D eigenvalue weighted by atomic mass is 32.2. The molecule has 0 fully saturated rings. The topological polar surface area (TPSA) is 114 Å². The highest BCUT2D eigenvalue weighted by Gasteiger charge is 2.38. The maximum Gasteiger partial charge on any atom is 0.304 e. The van der Waals surface area contributed by atoms with Crippen molar-refractivity contribution in [1.29, 1.82) is 0 Å². The lowest BCUT2D eigenvalue weighted by Crippen LogP contribution is -2.42. The second-order valence-electron chi connectivity index (χ2n) is 10.4. The molecule has 38 heavy (non-hydrogen) atoms. The third-order valence-electron chi connectivity index (χ3n) is 6.92. The summed E-state index contributed by atoms with van der Waals surface area (Å²) in [5.41, 5.74) is 3.20. The number of aromatic nitrogens is 3. The van der Waals surface area contributed by atoms with Crippen molar-refractivity contribution in [2.75, 3.05) is 6.54 Å². The first-order valence-electron chi connectivity index (χ1n) is 12.4. The Bertz CT molecular complexity index is 1640. The van der Waals surface area contributed by atoms with Crippen molar-refractivity contribution in [1.82, 2.24) is 18.9 Å². The van der Waals surface area contributed by atoms with E-state index in [0.717, 1.165) is 28.1 Å². The zero-order chi connectivity index (χ0) is 27.2. The molecule has 1 atom stereocenters. The smallest absolute Gasteiger partial charge is 0.304 e. The van der Waals surface area contributed by atoms with Crippen LogP contribution in [0.15, 0.2) is 65.7 Å². The number of aryl methyl sites for hydroxylation is 2. The van der Waals surface area contributed by atoms with Gasteiger partial charge in [0.25, 0.3) is 0 Å². The maximum atomic E-state index is 13.7. The molecule has 2 aromatic heterocycles. The lowest BCUT2D eigenvalue weighted by molar-refractivity contribution is -0.137. The molecule has 3 heterocycles. The highest BCUT2D eigenvalue weighted by molar-refractivity contribution is 7.89. The standard InChI is InChI=1S/C28H30N4O5S/c1-18-9-10-20(23(15-27(33)34)21-11-12-32-19(2)29-30-26(32)14-21)13-22(18)16-31-17-28(3,4)37-24-7-5-6-8-25(24)38(31,35)36/h5-14,23H,15-17H2,1-4H3,(H,33,34)/t23-/m1/s1. The molecule has 9 nitrogen and oxygen atoms in total. The fourth-order valence-corrected chi connectivity index (χ4v) is 6.66. The fraction of sp³-hybridized carbons (Fsp3) is 0.321. The molecule has 0 amide bonds. The van der Waals surface area contributed by atoms with Crippen LogP contribution in [0.1, 0.15) is 54.3 Å². The van der Waals surface area contributed by atoms with Crippen molar-refractivity contribution >= 4 is 21.6 Å². The molecule has 0 spiro atoms. The van der Waals surface area contributed by atoms with Gasteiger partial charge in [0, 0.05) is 18.7 Å². The van der Waals surface area contributed by atoms with Gasteiger partial charge < -0.3 is 9.84 Å². The number of benzene rings is 2. The predicted octanol–water partition coefficient (Wildman–Crippen LogP) is 4.31. The minimum atomic E-state index is -3.84. The molecule has 0 unspecified atom stereocenters. The van der Waals surface area contributed by atoms with E-state index in [2.05, 4.69) is 10.2 Å². The van der Waals surface area contributed by atoms with Crippen LogP contribution in [0.3, 0.4) is 0 Å². The second-order valence-corrected chi connectivity index (χ2v) is 12.3. The van der Waals surface area contributed by atoms with E-state index in [1.807, 2.05) is 68.6 Å². The number of pyridine rings is 1. The van der Waals surface area contributed by atoms with Crippen molar-refractivity contribution in [3.8, 4) is 5.75 Å². The Morgan fingerprint density at radius 1 is 1.08 bits per heavy atom. The average molecular weight is 535 g/mol. The van der Waals surface area contributed by atoms with Crippen LogP contribution in [0.2, 0.25) is 0 Å². The van der Waals surface area contributed by atoms with Crippen LogP contribution in [0.5, 0.6) is 5.75 Å². The molecule has 1 aliphatic heterocycles. The molecule has 4 aromatic rings. The normalized spacial score (nSPS) is 17.4. The number of hydrogen-bond donors (Lipinski definition) is 1. The van der Waals surface area contributed by atoms with E-state index in [1.165, 1.54) is 4.31 Å². The monoisotopic (exact) mass is 534 g/mol. The second kappa shape index (κ2) is 9.52. The molecule has 0 saturated heterocycles. The molecule has 2 aromatic carbocycles. The van der Waals surface area contributed by atoms with Crippen LogP contribution >= 0.6 is 0 Å². The van der Waals surface area contributed by atoms with E-state index in [0.29, 0.717) is 11.4 Å². The first-order chi connectivity index (χ1) is 17.9. The van der Waals surface area contributed by atoms with Crippen molar-refractivity contribution in [3.05, 3.63) is 88.9 Å². The SMILES string of the molecule is Cc1ccc([C@@H](CC(=O)O)c2ccn3c(C)nnc3c2)cc1CN1CC(C)(C)Oc2ccccc2S1(=O)=O. The van der Waals surface area contributed by atoms with E-state index in [9.17, 15) is 18.3 Å². The molecule has 1 aliphatic rings. The van der Waals surface area contributed by atoms with Gasteiger partial charge in [-0.25, -0.2) is 8.42 Å². The Morgan fingerprint density at radius 3 is 2.58 bits per heavy atom. The van der Waals surface area contributed by atoms with Crippen molar-refractivity contribution in [2.45, 2.75) is 57.1 Å². The lowest BCUT2D eigenvalue weighted by Gasteiger charge is -2.29. The summed E-state index contributed by atoms with van der Waals surface area (Å²) in [7, 11) is -3.84. The van der Waals surface area contributed by atoms with E-state index in [-0.39, 0.29) is 24.4 Å². The van der Waals surface area contributed by atoms with Gasteiger partial charge in [-0.05, 0) is 74.2 Å². The van der Waals surface area contributed by atoms with Gasteiger partial charge in [-0.2, -0.15) is 4.31 Å². The lowest BCUT2D eigenvalue weighted by atomic mass is 9.87. The molecular weight excluding hydrogens is 504 g/mol. The summed E-state index contributed by atoms with van der Waals surface area (Å²) in [6.07, 6.45) is 1.72. The van der Waals surface area contributed by atoms with E-state index in [4.69, 9.17) is 4.74 Å². The van der Waals surface area contributed by atoms with Gasteiger partial charge in [0.15, 0.2) is 5.65 Å². The number of hydrogen-bond acceptors (Lipinski definition) is 6.